The Balaban J connectivity index is 1.70. The molecule has 6 heteroatoms. The van der Waals surface area contributed by atoms with E-state index in [0.29, 0.717) is 5.69 Å². The van der Waals surface area contributed by atoms with Crippen molar-refractivity contribution in [3.05, 3.63) is 46.8 Å². The van der Waals surface area contributed by atoms with Crippen molar-refractivity contribution in [2.45, 2.75) is 32.7 Å². The minimum atomic E-state index is -0.897. The topological polar surface area (TPSA) is 70.8 Å². The zero-order valence-electron chi connectivity index (χ0n) is 13.6. The van der Waals surface area contributed by atoms with E-state index in [1.807, 2.05) is 16.8 Å². The number of nitrogens with zero attached hydrogens (tertiary/aromatic N) is 3. The molecule has 1 aliphatic rings. The van der Waals surface area contributed by atoms with Crippen molar-refractivity contribution in [1.29, 1.82) is 0 Å². The lowest BCUT2D eigenvalue weighted by molar-refractivity contribution is 0.0915. The first-order chi connectivity index (χ1) is 11.1. The van der Waals surface area contributed by atoms with Crippen LogP contribution in [0.3, 0.4) is 0 Å². The smallest absolute Gasteiger partial charge is 0.121 e. The van der Waals surface area contributed by atoms with Gasteiger partial charge in [0.05, 0.1) is 31.6 Å². The van der Waals surface area contributed by atoms with Crippen LogP contribution in [0.4, 0.5) is 0 Å². The third-order valence-electron chi connectivity index (χ3n) is 4.28. The standard InChI is InChI=1S/C17H23N3O3/c1-12-7-13(3-4-17(12)23-2)9-19-5-6-20-14(10-19)8-15(18-20)16(22)11-21/h3-4,7-8,16,21-22H,5-6,9-11H2,1-2H3. The van der Waals surface area contributed by atoms with Crippen LogP contribution in [-0.4, -0.2) is 45.2 Å². The summed E-state index contributed by atoms with van der Waals surface area (Å²) in [4.78, 5) is 2.35. The Kier molecular flexibility index (Phi) is 4.66. The summed E-state index contributed by atoms with van der Waals surface area (Å²) in [5.41, 5.74) is 4.01. The van der Waals surface area contributed by atoms with E-state index >= 15 is 0 Å². The number of rotatable bonds is 5. The van der Waals surface area contributed by atoms with Gasteiger partial charge in [0.2, 0.25) is 0 Å². The van der Waals surface area contributed by atoms with Crippen LogP contribution in [0.1, 0.15) is 28.6 Å². The van der Waals surface area contributed by atoms with Gasteiger partial charge in [-0.25, -0.2) is 0 Å². The van der Waals surface area contributed by atoms with Crippen LogP contribution in [0.5, 0.6) is 5.75 Å². The summed E-state index contributed by atoms with van der Waals surface area (Å²) >= 11 is 0. The maximum absolute atomic E-state index is 9.71. The predicted octanol–water partition coefficient (Wildman–Crippen LogP) is 1.24. The predicted molar refractivity (Wildman–Crippen MR) is 86.1 cm³/mol. The van der Waals surface area contributed by atoms with Gasteiger partial charge in [0.25, 0.3) is 0 Å². The highest BCUT2D eigenvalue weighted by Gasteiger charge is 2.21. The average molecular weight is 317 g/mol. The van der Waals surface area contributed by atoms with Crippen molar-refractivity contribution < 1.29 is 14.9 Å². The van der Waals surface area contributed by atoms with Crippen molar-refractivity contribution >= 4 is 0 Å². The fraction of sp³-hybridized carbons (Fsp3) is 0.471. The van der Waals surface area contributed by atoms with Gasteiger partial charge in [0, 0.05) is 19.6 Å². The second-order valence-electron chi connectivity index (χ2n) is 6.00. The Morgan fingerprint density at radius 3 is 2.83 bits per heavy atom. The Morgan fingerprint density at radius 1 is 1.30 bits per heavy atom. The number of ether oxygens (including phenoxy) is 1. The molecule has 0 radical (unpaired) electrons. The van der Waals surface area contributed by atoms with Gasteiger partial charge >= 0.3 is 0 Å². The molecule has 124 valence electrons. The van der Waals surface area contributed by atoms with Crippen LogP contribution < -0.4 is 4.74 Å². The first-order valence-electron chi connectivity index (χ1n) is 7.82. The highest BCUT2D eigenvalue weighted by atomic mass is 16.5. The fourth-order valence-electron chi connectivity index (χ4n) is 3.03. The van der Waals surface area contributed by atoms with Gasteiger partial charge < -0.3 is 14.9 Å². The molecule has 0 saturated heterocycles. The highest BCUT2D eigenvalue weighted by molar-refractivity contribution is 5.36. The zero-order chi connectivity index (χ0) is 16.4. The lowest BCUT2D eigenvalue weighted by atomic mass is 10.1. The second kappa shape index (κ2) is 6.70. The SMILES string of the molecule is COc1ccc(CN2CCn3nc(C(O)CO)cc3C2)cc1C. The lowest BCUT2D eigenvalue weighted by Gasteiger charge is -2.27. The molecule has 1 aliphatic heterocycles. The van der Waals surface area contributed by atoms with Gasteiger partial charge in [-0.05, 0) is 30.2 Å². The number of hydrogen-bond acceptors (Lipinski definition) is 5. The molecule has 1 atom stereocenters. The van der Waals surface area contributed by atoms with Crippen LogP contribution >= 0.6 is 0 Å². The minimum absolute atomic E-state index is 0.300. The average Bonchev–Trinajstić information content (AvgIpc) is 2.97. The molecule has 1 aromatic heterocycles. The summed E-state index contributed by atoms with van der Waals surface area (Å²) in [6.45, 7) is 5.11. The van der Waals surface area contributed by atoms with Gasteiger partial charge in [-0.2, -0.15) is 5.10 Å². The number of aromatic nitrogens is 2. The van der Waals surface area contributed by atoms with Crippen LogP contribution in [0.2, 0.25) is 0 Å². The molecule has 0 bridgehead atoms. The molecule has 1 aromatic carbocycles. The summed E-state index contributed by atoms with van der Waals surface area (Å²) in [7, 11) is 1.69. The van der Waals surface area contributed by atoms with Crippen LogP contribution in [-0.2, 0) is 19.6 Å². The van der Waals surface area contributed by atoms with E-state index < -0.39 is 6.10 Å². The van der Waals surface area contributed by atoms with Gasteiger partial charge in [-0.3, -0.25) is 9.58 Å². The van der Waals surface area contributed by atoms with E-state index in [1.54, 1.807) is 7.11 Å². The van der Waals surface area contributed by atoms with Crippen LogP contribution in [0.25, 0.3) is 0 Å². The van der Waals surface area contributed by atoms with Crippen LogP contribution in [0, 0.1) is 6.92 Å². The molecule has 0 spiro atoms. The molecule has 2 aromatic rings. The summed E-state index contributed by atoms with van der Waals surface area (Å²) in [5.74, 6) is 0.910. The minimum Gasteiger partial charge on any atom is -0.496 e. The number of aryl methyl sites for hydroxylation is 1. The van der Waals surface area contributed by atoms with Crippen molar-refractivity contribution in [3.63, 3.8) is 0 Å². The number of hydrogen-bond donors (Lipinski definition) is 2. The lowest BCUT2D eigenvalue weighted by Crippen LogP contribution is -2.33. The molecule has 6 nitrogen and oxygen atoms in total. The molecule has 3 rings (SSSR count). The summed E-state index contributed by atoms with van der Waals surface area (Å²) in [5, 5.41) is 23.1. The van der Waals surface area contributed by atoms with E-state index in [-0.39, 0.29) is 6.61 Å². The largest absolute Gasteiger partial charge is 0.496 e. The summed E-state index contributed by atoms with van der Waals surface area (Å²) in [6, 6.07) is 8.14. The second-order valence-corrected chi connectivity index (χ2v) is 6.00. The van der Waals surface area contributed by atoms with E-state index in [4.69, 9.17) is 9.84 Å². The Labute approximate surface area is 135 Å². The highest BCUT2D eigenvalue weighted by Crippen LogP contribution is 2.22. The van der Waals surface area contributed by atoms with Crippen molar-refractivity contribution in [2.24, 2.45) is 0 Å². The van der Waals surface area contributed by atoms with Crippen molar-refractivity contribution in [3.8, 4) is 5.75 Å². The van der Waals surface area contributed by atoms with Crippen molar-refractivity contribution in [2.75, 3.05) is 20.3 Å². The molecule has 0 aliphatic carbocycles. The first-order valence-corrected chi connectivity index (χ1v) is 7.82. The third kappa shape index (κ3) is 3.39. The fourth-order valence-corrected chi connectivity index (χ4v) is 3.03. The van der Waals surface area contributed by atoms with Crippen LogP contribution in [0.15, 0.2) is 24.3 Å². The maximum atomic E-state index is 9.71. The number of fused-ring (bicyclic) bond motifs is 1. The molecular weight excluding hydrogens is 294 g/mol. The Morgan fingerprint density at radius 2 is 2.13 bits per heavy atom. The van der Waals surface area contributed by atoms with Gasteiger partial charge in [-0.1, -0.05) is 12.1 Å². The summed E-state index contributed by atoms with van der Waals surface area (Å²) in [6.07, 6.45) is -0.897. The number of aliphatic hydroxyl groups excluding tert-OH is 2. The van der Waals surface area contributed by atoms with E-state index in [2.05, 4.69) is 29.1 Å². The molecule has 0 amide bonds. The van der Waals surface area contributed by atoms with Gasteiger partial charge in [0.1, 0.15) is 11.9 Å². The monoisotopic (exact) mass is 317 g/mol. The Hall–Kier alpha value is -1.89. The molecule has 2 heterocycles. The number of methoxy groups -OCH3 is 1. The molecule has 0 saturated carbocycles. The molecule has 23 heavy (non-hydrogen) atoms. The number of aliphatic hydroxyl groups is 2. The molecular formula is C17H23N3O3. The quantitative estimate of drug-likeness (QED) is 0.868. The first kappa shape index (κ1) is 16.0. The van der Waals surface area contributed by atoms with E-state index in [9.17, 15) is 5.11 Å². The van der Waals surface area contributed by atoms with E-state index in [1.165, 1.54) is 5.56 Å². The molecule has 0 fully saturated rings. The van der Waals surface area contributed by atoms with Gasteiger partial charge in [0.15, 0.2) is 0 Å². The normalized spacial score (nSPS) is 16.2. The van der Waals surface area contributed by atoms with E-state index in [0.717, 1.165) is 43.2 Å². The molecule has 1 unspecified atom stereocenters. The van der Waals surface area contributed by atoms with Gasteiger partial charge in [-0.15, -0.1) is 0 Å². The zero-order valence-corrected chi connectivity index (χ0v) is 13.6. The number of benzene rings is 1. The summed E-state index contributed by atoms with van der Waals surface area (Å²) < 4.78 is 7.22. The molecule has 2 N–H and O–H groups in total. The van der Waals surface area contributed by atoms with Crippen molar-refractivity contribution in [1.82, 2.24) is 14.7 Å². The third-order valence-corrected chi connectivity index (χ3v) is 4.28. The Bertz CT molecular complexity index is 684. The maximum Gasteiger partial charge on any atom is 0.121 e.